The highest BCUT2D eigenvalue weighted by Gasteiger charge is 2.19. The molecular weight excluding hydrogens is 404 g/mol. The highest BCUT2D eigenvalue weighted by Crippen LogP contribution is 2.30. The molecule has 27 heavy (non-hydrogen) atoms. The molecule has 0 saturated heterocycles. The second-order valence-electron chi connectivity index (χ2n) is 8.68. The molecule has 2 aromatic rings. The summed E-state index contributed by atoms with van der Waals surface area (Å²) in [6.45, 7) is 12.7. The zero-order valence-corrected chi connectivity index (χ0v) is 18.3. The van der Waals surface area contributed by atoms with Crippen molar-refractivity contribution in [1.29, 1.82) is 0 Å². The maximum atomic E-state index is 12.3. The lowest BCUT2D eigenvalue weighted by Crippen LogP contribution is -2.41. The van der Waals surface area contributed by atoms with Crippen LogP contribution in [0.3, 0.4) is 0 Å². The standard InChI is InChI=1S/C22H27BrN2O2/c1-21(2,3)16-10-7-14(8-11-16)19(26)24-25-20(27)15-9-12-17(18(23)13-15)22(4,5)6/h7-13H,1-6H3,(H,24,26)(H,25,27). The fraction of sp³-hybridized carbons (Fsp3) is 0.364. The average molecular weight is 431 g/mol. The van der Waals surface area contributed by atoms with E-state index in [-0.39, 0.29) is 22.6 Å². The highest BCUT2D eigenvalue weighted by atomic mass is 79.9. The predicted molar refractivity (Wildman–Crippen MR) is 113 cm³/mol. The number of nitrogens with one attached hydrogen (secondary N) is 2. The minimum Gasteiger partial charge on any atom is -0.267 e. The topological polar surface area (TPSA) is 58.2 Å². The molecule has 2 aromatic carbocycles. The number of rotatable bonds is 2. The van der Waals surface area contributed by atoms with Crippen LogP contribution in [0.15, 0.2) is 46.9 Å². The monoisotopic (exact) mass is 430 g/mol. The Hall–Kier alpha value is -2.14. The molecule has 2 N–H and O–H groups in total. The second-order valence-corrected chi connectivity index (χ2v) is 9.53. The Morgan fingerprint density at radius 2 is 1.22 bits per heavy atom. The molecule has 0 fully saturated rings. The van der Waals surface area contributed by atoms with Gasteiger partial charge in [-0.3, -0.25) is 20.4 Å². The van der Waals surface area contributed by atoms with E-state index in [1.807, 2.05) is 18.2 Å². The number of hydrogen-bond donors (Lipinski definition) is 2. The van der Waals surface area contributed by atoms with Crippen LogP contribution in [-0.2, 0) is 10.8 Å². The van der Waals surface area contributed by atoms with Crippen LogP contribution in [0, 0.1) is 0 Å². The van der Waals surface area contributed by atoms with Gasteiger partial charge in [0.1, 0.15) is 0 Å². The molecule has 144 valence electrons. The van der Waals surface area contributed by atoms with Gasteiger partial charge >= 0.3 is 0 Å². The summed E-state index contributed by atoms with van der Waals surface area (Å²) in [5, 5.41) is 0. The van der Waals surface area contributed by atoms with Crippen molar-refractivity contribution in [3.05, 3.63) is 69.2 Å². The van der Waals surface area contributed by atoms with Crippen molar-refractivity contribution in [2.24, 2.45) is 0 Å². The van der Waals surface area contributed by atoms with Crippen LogP contribution in [0.25, 0.3) is 0 Å². The number of carbonyl (C=O) groups excluding carboxylic acids is 2. The third kappa shape index (κ3) is 5.42. The van der Waals surface area contributed by atoms with Crippen LogP contribution in [0.1, 0.15) is 73.4 Å². The molecule has 0 aliphatic heterocycles. The summed E-state index contributed by atoms with van der Waals surface area (Å²) < 4.78 is 0.867. The van der Waals surface area contributed by atoms with E-state index in [1.54, 1.807) is 24.3 Å². The van der Waals surface area contributed by atoms with E-state index in [0.29, 0.717) is 11.1 Å². The van der Waals surface area contributed by atoms with Crippen molar-refractivity contribution in [3.8, 4) is 0 Å². The number of amides is 2. The van der Waals surface area contributed by atoms with E-state index in [1.165, 1.54) is 0 Å². The maximum absolute atomic E-state index is 12.3. The van der Waals surface area contributed by atoms with Crippen LogP contribution >= 0.6 is 15.9 Å². The Balaban J connectivity index is 2.03. The van der Waals surface area contributed by atoms with Crippen LogP contribution in [0.5, 0.6) is 0 Å². The van der Waals surface area contributed by atoms with Gasteiger partial charge in [0.2, 0.25) is 0 Å². The molecule has 5 heteroatoms. The molecule has 0 aliphatic carbocycles. The number of halogens is 1. The quantitative estimate of drug-likeness (QED) is 0.649. The number of benzene rings is 2. The lowest BCUT2D eigenvalue weighted by atomic mass is 9.86. The molecule has 0 atom stereocenters. The minimum absolute atomic E-state index is 0.0236. The average Bonchev–Trinajstić information content (AvgIpc) is 2.57. The molecule has 0 bridgehead atoms. The van der Waals surface area contributed by atoms with Crippen LogP contribution in [-0.4, -0.2) is 11.8 Å². The summed E-state index contributed by atoms with van der Waals surface area (Å²) in [6, 6.07) is 12.8. The van der Waals surface area contributed by atoms with E-state index in [0.717, 1.165) is 15.6 Å². The van der Waals surface area contributed by atoms with Crippen LogP contribution < -0.4 is 10.9 Å². The van der Waals surface area contributed by atoms with Crippen molar-refractivity contribution >= 4 is 27.7 Å². The normalized spacial score (nSPS) is 11.8. The first kappa shape index (κ1) is 21.2. The molecule has 0 saturated carbocycles. The van der Waals surface area contributed by atoms with E-state index >= 15 is 0 Å². The molecule has 0 spiro atoms. The van der Waals surface area contributed by atoms with Gasteiger partial charge in [-0.05, 0) is 46.2 Å². The third-order valence-electron chi connectivity index (χ3n) is 4.34. The van der Waals surface area contributed by atoms with Gasteiger partial charge in [0, 0.05) is 15.6 Å². The van der Waals surface area contributed by atoms with Crippen LogP contribution in [0.2, 0.25) is 0 Å². The van der Waals surface area contributed by atoms with Gasteiger partial charge in [-0.1, -0.05) is 75.7 Å². The molecule has 0 radical (unpaired) electrons. The molecule has 2 rings (SSSR count). The summed E-state index contributed by atoms with van der Waals surface area (Å²) in [5.74, 6) is -0.718. The first-order valence-electron chi connectivity index (χ1n) is 8.91. The minimum atomic E-state index is -0.365. The van der Waals surface area contributed by atoms with Gasteiger partial charge in [-0.25, -0.2) is 0 Å². The van der Waals surface area contributed by atoms with Gasteiger partial charge < -0.3 is 0 Å². The molecular formula is C22H27BrN2O2. The van der Waals surface area contributed by atoms with Crippen molar-refractivity contribution in [1.82, 2.24) is 10.9 Å². The van der Waals surface area contributed by atoms with Crippen molar-refractivity contribution < 1.29 is 9.59 Å². The predicted octanol–water partition coefficient (Wildman–Crippen LogP) is 5.12. The van der Waals surface area contributed by atoms with E-state index in [2.05, 4.69) is 68.3 Å². The number of carbonyl (C=O) groups is 2. The van der Waals surface area contributed by atoms with Gasteiger partial charge in [0.15, 0.2) is 0 Å². The second kappa shape index (κ2) is 7.85. The van der Waals surface area contributed by atoms with Crippen molar-refractivity contribution in [2.75, 3.05) is 0 Å². The summed E-state index contributed by atoms with van der Waals surface area (Å²) >= 11 is 3.52. The fourth-order valence-corrected chi connectivity index (χ4v) is 3.62. The zero-order chi connectivity index (χ0) is 20.4. The SMILES string of the molecule is CC(C)(C)c1ccc(C(=O)NNC(=O)c2ccc(C(C)(C)C)c(Br)c2)cc1. The smallest absolute Gasteiger partial charge is 0.267 e. The van der Waals surface area contributed by atoms with E-state index < -0.39 is 0 Å². The van der Waals surface area contributed by atoms with Gasteiger partial charge in [-0.15, -0.1) is 0 Å². The summed E-state index contributed by atoms with van der Waals surface area (Å²) in [5.41, 5.74) is 8.15. The summed E-state index contributed by atoms with van der Waals surface area (Å²) in [6.07, 6.45) is 0. The van der Waals surface area contributed by atoms with Gasteiger partial charge in [0.05, 0.1) is 0 Å². The largest absolute Gasteiger partial charge is 0.269 e. The lowest BCUT2D eigenvalue weighted by molar-refractivity contribution is 0.0846. The third-order valence-corrected chi connectivity index (χ3v) is 5.00. The highest BCUT2D eigenvalue weighted by molar-refractivity contribution is 9.10. The maximum Gasteiger partial charge on any atom is 0.269 e. The molecule has 0 aliphatic rings. The molecule has 4 nitrogen and oxygen atoms in total. The molecule has 0 unspecified atom stereocenters. The Labute approximate surface area is 169 Å². The molecule has 2 amide bonds. The Morgan fingerprint density at radius 3 is 1.67 bits per heavy atom. The lowest BCUT2D eigenvalue weighted by Gasteiger charge is -2.21. The number of hydrazine groups is 1. The van der Waals surface area contributed by atoms with Crippen molar-refractivity contribution in [3.63, 3.8) is 0 Å². The zero-order valence-electron chi connectivity index (χ0n) is 16.7. The molecule has 0 heterocycles. The van der Waals surface area contributed by atoms with Gasteiger partial charge in [0.25, 0.3) is 11.8 Å². The van der Waals surface area contributed by atoms with E-state index in [4.69, 9.17) is 0 Å². The molecule has 0 aromatic heterocycles. The Bertz CT molecular complexity index is 844. The Morgan fingerprint density at radius 1 is 0.741 bits per heavy atom. The number of hydrogen-bond acceptors (Lipinski definition) is 2. The fourth-order valence-electron chi connectivity index (χ4n) is 2.64. The first-order chi connectivity index (χ1) is 12.4. The summed E-state index contributed by atoms with van der Waals surface area (Å²) in [7, 11) is 0. The van der Waals surface area contributed by atoms with Gasteiger partial charge in [-0.2, -0.15) is 0 Å². The van der Waals surface area contributed by atoms with Crippen LogP contribution in [0.4, 0.5) is 0 Å². The first-order valence-corrected chi connectivity index (χ1v) is 9.70. The summed E-state index contributed by atoms with van der Waals surface area (Å²) in [4.78, 5) is 24.6. The Kier molecular flexibility index (Phi) is 6.15. The van der Waals surface area contributed by atoms with E-state index in [9.17, 15) is 9.59 Å². The van der Waals surface area contributed by atoms with Crippen molar-refractivity contribution in [2.45, 2.75) is 52.4 Å².